The minimum atomic E-state index is -4.59. The SMILES string of the molecule is CC(Nc1cc(C(F)(F)F)nc2ncnn12)C(OC1CCOCC1)c1ccccc1. The number of halogens is 3. The van der Waals surface area contributed by atoms with Gasteiger partial charge in [-0.25, -0.2) is 4.98 Å². The molecule has 0 amide bonds. The van der Waals surface area contributed by atoms with Gasteiger partial charge < -0.3 is 14.8 Å². The number of hydrogen-bond acceptors (Lipinski definition) is 6. The first-order valence-electron chi connectivity index (χ1n) is 9.74. The van der Waals surface area contributed by atoms with Crippen LogP contribution < -0.4 is 5.32 Å². The van der Waals surface area contributed by atoms with Gasteiger partial charge in [-0.05, 0) is 25.3 Å². The second-order valence-electron chi connectivity index (χ2n) is 7.21. The van der Waals surface area contributed by atoms with Gasteiger partial charge in [-0.2, -0.15) is 27.8 Å². The van der Waals surface area contributed by atoms with E-state index >= 15 is 0 Å². The topological polar surface area (TPSA) is 73.6 Å². The zero-order chi connectivity index (χ0) is 21.1. The van der Waals surface area contributed by atoms with Crippen molar-refractivity contribution in [3.05, 3.63) is 54.0 Å². The quantitative estimate of drug-likeness (QED) is 0.651. The third kappa shape index (κ3) is 4.54. The number of alkyl halides is 3. The van der Waals surface area contributed by atoms with Crippen LogP contribution in [-0.4, -0.2) is 44.9 Å². The van der Waals surface area contributed by atoms with Crippen LogP contribution in [0.2, 0.25) is 0 Å². The number of ether oxygens (including phenoxy) is 2. The van der Waals surface area contributed by atoms with E-state index < -0.39 is 11.9 Å². The Kier molecular flexibility index (Phi) is 5.87. The van der Waals surface area contributed by atoms with Gasteiger partial charge in [0, 0.05) is 19.3 Å². The molecule has 0 radical (unpaired) electrons. The molecule has 3 aromatic rings. The first-order chi connectivity index (χ1) is 14.4. The van der Waals surface area contributed by atoms with Crippen molar-refractivity contribution in [1.29, 1.82) is 0 Å². The van der Waals surface area contributed by atoms with Crippen LogP contribution in [0.15, 0.2) is 42.7 Å². The van der Waals surface area contributed by atoms with Gasteiger partial charge in [-0.15, -0.1) is 0 Å². The molecule has 30 heavy (non-hydrogen) atoms. The molecule has 2 aromatic heterocycles. The molecule has 0 bridgehead atoms. The number of nitrogens with one attached hydrogen (secondary N) is 1. The lowest BCUT2D eigenvalue weighted by Gasteiger charge is -2.32. The number of benzene rings is 1. The zero-order valence-electron chi connectivity index (χ0n) is 16.3. The fourth-order valence-electron chi connectivity index (χ4n) is 3.52. The summed E-state index contributed by atoms with van der Waals surface area (Å²) in [7, 11) is 0. The molecule has 2 atom stereocenters. The van der Waals surface area contributed by atoms with Crippen molar-refractivity contribution in [2.45, 2.75) is 44.2 Å². The highest BCUT2D eigenvalue weighted by molar-refractivity contribution is 5.46. The Hall–Kier alpha value is -2.72. The number of fused-ring (bicyclic) bond motifs is 1. The summed E-state index contributed by atoms with van der Waals surface area (Å²) in [6, 6.07) is 10.2. The highest BCUT2D eigenvalue weighted by atomic mass is 19.4. The summed E-state index contributed by atoms with van der Waals surface area (Å²) in [5.41, 5.74) is -0.0942. The minimum absolute atomic E-state index is 0.0165. The van der Waals surface area contributed by atoms with Crippen molar-refractivity contribution in [1.82, 2.24) is 19.6 Å². The highest BCUT2D eigenvalue weighted by Gasteiger charge is 2.34. The molecular formula is C20H22F3N5O2. The van der Waals surface area contributed by atoms with Crippen LogP contribution in [0.4, 0.5) is 19.0 Å². The molecule has 0 spiro atoms. The maximum Gasteiger partial charge on any atom is 0.433 e. The monoisotopic (exact) mass is 421 g/mol. The van der Waals surface area contributed by atoms with Crippen molar-refractivity contribution in [2.75, 3.05) is 18.5 Å². The molecule has 4 rings (SSSR count). The summed E-state index contributed by atoms with van der Waals surface area (Å²) in [4.78, 5) is 7.36. The van der Waals surface area contributed by atoms with Gasteiger partial charge >= 0.3 is 6.18 Å². The maximum absolute atomic E-state index is 13.3. The van der Waals surface area contributed by atoms with Crippen molar-refractivity contribution in [3.8, 4) is 0 Å². The van der Waals surface area contributed by atoms with E-state index in [4.69, 9.17) is 9.47 Å². The molecule has 1 aromatic carbocycles. The van der Waals surface area contributed by atoms with Gasteiger partial charge in [0.1, 0.15) is 18.2 Å². The zero-order valence-corrected chi connectivity index (χ0v) is 16.3. The summed E-state index contributed by atoms with van der Waals surface area (Å²) in [6.07, 6.45) is -2.23. The molecule has 0 saturated carbocycles. The van der Waals surface area contributed by atoms with E-state index in [0.717, 1.165) is 24.5 Å². The number of nitrogens with zero attached hydrogens (tertiary/aromatic N) is 4. The molecule has 7 nitrogen and oxygen atoms in total. The van der Waals surface area contributed by atoms with E-state index in [1.54, 1.807) is 0 Å². The lowest BCUT2D eigenvalue weighted by Crippen LogP contribution is -2.33. The van der Waals surface area contributed by atoms with Gasteiger partial charge in [0.25, 0.3) is 5.78 Å². The lowest BCUT2D eigenvalue weighted by molar-refractivity contribution is -0.141. The molecule has 2 unspecified atom stereocenters. The molecule has 10 heteroatoms. The molecule has 3 heterocycles. The van der Waals surface area contributed by atoms with Crippen molar-refractivity contribution in [2.24, 2.45) is 0 Å². The van der Waals surface area contributed by atoms with Gasteiger partial charge in [0.15, 0.2) is 5.69 Å². The Morgan fingerprint density at radius 1 is 1.20 bits per heavy atom. The van der Waals surface area contributed by atoms with Crippen LogP contribution in [0.5, 0.6) is 0 Å². The largest absolute Gasteiger partial charge is 0.433 e. The van der Waals surface area contributed by atoms with Gasteiger partial charge in [-0.1, -0.05) is 30.3 Å². The predicted octanol–water partition coefficient (Wildman–Crippen LogP) is 3.88. The van der Waals surface area contributed by atoms with Gasteiger partial charge in [0.05, 0.1) is 12.1 Å². The molecule has 1 fully saturated rings. The van der Waals surface area contributed by atoms with Gasteiger partial charge in [0.2, 0.25) is 0 Å². The second-order valence-corrected chi connectivity index (χ2v) is 7.21. The van der Waals surface area contributed by atoms with E-state index in [1.165, 1.54) is 10.8 Å². The fourth-order valence-corrected chi connectivity index (χ4v) is 3.52. The minimum Gasteiger partial charge on any atom is -0.381 e. The first-order valence-corrected chi connectivity index (χ1v) is 9.74. The summed E-state index contributed by atoms with van der Waals surface area (Å²) in [5, 5.41) is 7.13. The van der Waals surface area contributed by atoms with Crippen LogP contribution in [0.25, 0.3) is 5.78 Å². The standard InChI is InChI=1S/C20H22F3N5O2/c1-13(18(14-5-3-2-4-6-14)30-15-7-9-29-10-8-15)26-17-11-16(20(21,22)23)27-19-24-12-25-28(17)19/h2-6,11-13,15,18,26H,7-10H2,1H3. The Morgan fingerprint density at radius 2 is 1.93 bits per heavy atom. The lowest BCUT2D eigenvalue weighted by atomic mass is 10.0. The van der Waals surface area contributed by atoms with E-state index in [0.29, 0.717) is 13.2 Å². The molecule has 0 aliphatic carbocycles. The number of anilines is 1. The molecule has 1 aliphatic heterocycles. The summed E-state index contributed by atoms with van der Waals surface area (Å²) in [6.45, 7) is 3.13. The predicted molar refractivity (Wildman–Crippen MR) is 103 cm³/mol. The summed E-state index contributed by atoms with van der Waals surface area (Å²) >= 11 is 0. The van der Waals surface area contributed by atoms with Crippen molar-refractivity contribution in [3.63, 3.8) is 0 Å². The van der Waals surface area contributed by atoms with Crippen LogP contribution in [-0.2, 0) is 15.7 Å². The van der Waals surface area contributed by atoms with E-state index in [9.17, 15) is 13.2 Å². The number of rotatable bonds is 6. The Balaban J connectivity index is 1.63. The van der Waals surface area contributed by atoms with E-state index in [1.807, 2.05) is 37.3 Å². The Labute approximate surface area is 171 Å². The third-order valence-corrected chi connectivity index (χ3v) is 5.01. The number of hydrogen-bond donors (Lipinski definition) is 1. The maximum atomic E-state index is 13.3. The van der Waals surface area contributed by atoms with Gasteiger partial charge in [-0.3, -0.25) is 0 Å². The average molecular weight is 421 g/mol. The average Bonchev–Trinajstić information content (AvgIpc) is 3.22. The number of aromatic nitrogens is 4. The third-order valence-electron chi connectivity index (χ3n) is 5.01. The van der Waals surface area contributed by atoms with E-state index in [2.05, 4.69) is 20.4 Å². The van der Waals surface area contributed by atoms with Crippen LogP contribution >= 0.6 is 0 Å². The summed E-state index contributed by atoms with van der Waals surface area (Å²) < 4.78 is 52.9. The second kappa shape index (κ2) is 8.57. The van der Waals surface area contributed by atoms with E-state index in [-0.39, 0.29) is 29.8 Å². The smallest absolute Gasteiger partial charge is 0.381 e. The molecule has 1 aliphatic rings. The molecular weight excluding hydrogens is 399 g/mol. The van der Waals surface area contributed by atoms with Crippen molar-refractivity contribution >= 4 is 11.6 Å². The van der Waals surface area contributed by atoms with Crippen LogP contribution in [0, 0.1) is 0 Å². The normalized spacial score (nSPS) is 17.7. The molecule has 1 N–H and O–H groups in total. The summed E-state index contributed by atoms with van der Waals surface area (Å²) in [5.74, 6) is 0.0231. The molecule has 1 saturated heterocycles. The van der Waals surface area contributed by atoms with Crippen LogP contribution in [0.3, 0.4) is 0 Å². The first kappa shape index (κ1) is 20.5. The Bertz CT molecular complexity index is 973. The molecule has 160 valence electrons. The Morgan fingerprint density at radius 3 is 2.63 bits per heavy atom. The van der Waals surface area contributed by atoms with Crippen LogP contribution in [0.1, 0.15) is 37.1 Å². The highest BCUT2D eigenvalue weighted by Crippen LogP contribution is 2.32. The van der Waals surface area contributed by atoms with Crippen molar-refractivity contribution < 1.29 is 22.6 Å². The fraction of sp³-hybridized carbons (Fsp3) is 0.450.